The summed E-state index contributed by atoms with van der Waals surface area (Å²) in [6.45, 7) is 0.710. The van der Waals surface area contributed by atoms with Crippen molar-refractivity contribution in [2.75, 3.05) is 12.0 Å². The van der Waals surface area contributed by atoms with E-state index >= 15 is 0 Å². The third-order valence-electron chi connectivity index (χ3n) is 2.58. The molecule has 16 heavy (non-hydrogen) atoms. The lowest BCUT2D eigenvalue weighted by atomic mass is 10.3. The summed E-state index contributed by atoms with van der Waals surface area (Å²) >= 11 is 0. The molecule has 0 aliphatic heterocycles. The van der Waals surface area contributed by atoms with Gasteiger partial charge in [0.2, 0.25) is 0 Å². The van der Waals surface area contributed by atoms with Crippen molar-refractivity contribution in [2.45, 2.75) is 19.3 Å². The zero-order valence-electron chi connectivity index (χ0n) is 8.94. The van der Waals surface area contributed by atoms with E-state index in [1.165, 1.54) is 12.8 Å². The fourth-order valence-corrected chi connectivity index (χ4v) is 1.42. The van der Waals surface area contributed by atoms with Crippen molar-refractivity contribution in [1.82, 2.24) is 15.5 Å². The zero-order chi connectivity index (χ0) is 11.4. The van der Waals surface area contributed by atoms with Crippen LogP contribution < -0.4 is 16.6 Å². The third kappa shape index (κ3) is 2.90. The predicted molar refractivity (Wildman–Crippen MR) is 59.5 cm³/mol. The van der Waals surface area contributed by atoms with Gasteiger partial charge in [0, 0.05) is 6.54 Å². The average Bonchev–Trinajstić information content (AvgIpc) is 3.13. The third-order valence-corrected chi connectivity index (χ3v) is 2.58. The fourth-order valence-electron chi connectivity index (χ4n) is 1.42. The Morgan fingerprint density at radius 1 is 1.44 bits per heavy atom. The highest BCUT2D eigenvalue weighted by Crippen LogP contribution is 2.31. The average molecular weight is 221 g/mol. The Bertz CT molecular complexity index is 360. The van der Waals surface area contributed by atoms with Crippen LogP contribution in [0.5, 0.6) is 0 Å². The van der Waals surface area contributed by atoms with Gasteiger partial charge < -0.3 is 10.7 Å². The van der Waals surface area contributed by atoms with Gasteiger partial charge in [0.05, 0.1) is 0 Å². The molecule has 4 N–H and O–H groups in total. The first kappa shape index (κ1) is 10.8. The van der Waals surface area contributed by atoms with Gasteiger partial charge in [0.15, 0.2) is 11.5 Å². The number of nitrogens with zero attached hydrogens (tertiary/aromatic N) is 2. The van der Waals surface area contributed by atoms with Crippen molar-refractivity contribution in [1.29, 1.82) is 0 Å². The molecule has 1 aliphatic carbocycles. The van der Waals surface area contributed by atoms with Gasteiger partial charge in [0.1, 0.15) is 0 Å². The van der Waals surface area contributed by atoms with Crippen molar-refractivity contribution in [3.05, 3.63) is 17.8 Å². The summed E-state index contributed by atoms with van der Waals surface area (Å²) in [7, 11) is 0. The monoisotopic (exact) mass is 221 g/mol. The number of hydrazine groups is 1. The highest BCUT2D eigenvalue weighted by Gasteiger charge is 2.20. The number of rotatable bonds is 5. The Morgan fingerprint density at radius 3 is 2.81 bits per heavy atom. The van der Waals surface area contributed by atoms with Crippen LogP contribution >= 0.6 is 0 Å². The highest BCUT2D eigenvalue weighted by atomic mass is 16.1. The van der Waals surface area contributed by atoms with Gasteiger partial charge in [-0.25, -0.2) is 5.84 Å². The smallest absolute Gasteiger partial charge is 0.271 e. The van der Waals surface area contributed by atoms with Crippen LogP contribution in [0, 0.1) is 5.92 Å². The van der Waals surface area contributed by atoms with Gasteiger partial charge in [-0.2, -0.15) is 0 Å². The normalized spacial score (nSPS) is 14.6. The molecule has 0 radical (unpaired) electrons. The number of aromatic nitrogens is 2. The predicted octanol–water partition coefficient (Wildman–Crippen LogP) is 0.292. The lowest BCUT2D eigenvalue weighted by Crippen LogP contribution is -2.26. The van der Waals surface area contributed by atoms with Crippen molar-refractivity contribution in [2.24, 2.45) is 11.8 Å². The number of carbonyl (C=O) groups excluding carboxylic acids is 1. The summed E-state index contributed by atoms with van der Waals surface area (Å²) < 4.78 is 0. The number of nitrogens with two attached hydrogens (primary N) is 1. The number of anilines is 1. The van der Waals surface area contributed by atoms with E-state index in [1.54, 1.807) is 12.1 Å². The first-order valence-corrected chi connectivity index (χ1v) is 5.38. The van der Waals surface area contributed by atoms with Gasteiger partial charge in [-0.05, 0) is 24.5 Å². The SMILES string of the molecule is NNc1ccc(C(=O)NCCC2CC2)nn1. The summed E-state index contributed by atoms with van der Waals surface area (Å²) in [5.41, 5.74) is 2.67. The quantitative estimate of drug-likeness (QED) is 0.491. The van der Waals surface area contributed by atoms with Gasteiger partial charge in [0.25, 0.3) is 5.91 Å². The number of nitrogens with one attached hydrogen (secondary N) is 2. The molecule has 1 aromatic heterocycles. The maximum atomic E-state index is 11.6. The maximum Gasteiger partial charge on any atom is 0.271 e. The van der Waals surface area contributed by atoms with Crippen molar-refractivity contribution in [3.63, 3.8) is 0 Å². The largest absolute Gasteiger partial charge is 0.351 e. The number of hydrogen-bond donors (Lipinski definition) is 3. The molecule has 86 valence electrons. The molecular weight excluding hydrogens is 206 g/mol. The van der Waals surface area contributed by atoms with E-state index in [9.17, 15) is 4.79 Å². The first-order chi connectivity index (χ1) is 7.79. The summed E-state index contributed by atoms with van der Waals surface area (Å²) in [5, 5.41) is 10.3. The van der Waals surface area contributed by atoms with E-state index in [0.29, 0.717) is 18.1 Å². The lowest BCUT2D eigenvalue weighted by molar-refractivity contribution is 0.0946. The fraction of sp³-hybridized carbons (Fsp3) is 0.500. The van der Waals surface area contributed by atoms with Crippen LogP contribution in [0.2, 0.25) is 0 Å². The Balaban J connectivity index is 1.81. The number of hydrogen-bond acceptors (Lipinski definition) is 5. The van der Waals surface area contributed by atoms with Crippen LogP contribution in [-0.4, -0.2) is 22.6 Å². The van der Waals surface area contributed by atoms with E-state index in [1.807, 2.05) is 0 Å². The molecule has 6 nitrogen and oxygen atoms in total. The molecule has 1 heterocycles. The Morgan fingerprint density at radius 2 is 2.25 bits per heavy atom. The molecular formula is C10H15N5O. The molecule has 0 atom stereocenters. The highest BCUT2D eigenvalue weighted by molar-refractivity contribution is 5.92. The van der Waals surface area contributed by atoms with E-state index in [4.69, 9.17) is 5.84 Å². The van der Waals surface area contributed by atoms with Crippen molar-refractivity contribution >= 4 is 11.7 Å². The molecule has 1 fully saturated rings. The minimum Gasteiger partial charge on any atom is -0.351 e. The second-order valence-corrected chi connectivity index (χ2v) is 3.94. The van der Waals surface area contributed by atoms with Crippen LogP contribution in [0.15, 0.2) is 12.1 Å². The number of carbonyl (C=O) groups is 1. The van der Waals surface area contributed by atoms with E-state index < -0.39 is 0 Å². The van der Waals surface area contributed by atoms with Crippen LogP contribution in [0.1, 0.15) is 29.8 Å². The van der Waals surface area contributed by atoms with Gasteiger partial charge in [-0.3, -0.25) is 4.79 Å². The van der Waals surface area contributed by atoms with Gasteiger partial charge >= 0.3 is 0 Å². The van der Waals surface area contributed by atoms with E-state index in [-0.39, 0.29) is 5.91 Å². The Labute approximate surface area is 93.6 Å². The minimum atomic E-state index is -0.184. The first-order valence-electron chi connectivity index (χ1n) is 5.38. The molecule has 0 spiro atoms. The van der Waals surface area contributed by atoms with E-state index in [0.717, 1.165) is 12.3 Å². The van der Waals surface area contributed by atoms with Gasteiger partial charge in [-0.15, -0.1) is 10.2 Å². The standard InChI is InChI=1S/C10H15N5O/c11-13-9-4-3-8(14-15-9)10(16)12-6-5-7-1-2-7/h3-4,7H,1-2,5-6,11H2,(H,12,16)(H,13,15). The molecule has 1 saturated carbocycles. The molecule has 1 amide bonds. The number of amides is 1. The molecule has 1 aromatic rings. The van der Waals surface area contributed by atoms with Crippen molar-refractivity contribution < 1.29 is 4.79 Å². The summed E-state index contributed by atoms with van der Waals surface area (Å²) in [4.78, 5) is 11.6. The molecule has 6 heteroatoms. The summed E-state index contributed by atoms with van der Waals surface area (Å²) in [5.74, 6) is 6.21. The molecule has 2 rings (SSSR count). The molecule has 0 bridgehead atoms. The second kappa shape index (κ2) is 4.89. The molecule has 0 saturated heterocycles. The van der Waals surface area contributed by atoms with Crippen LogP contribution in [-0.2, 0) is 0 Å². The van der Waals surface area contributed by atoms with Crippen LogP contribution in [0.4, 0.5) is 5.82 Å². The van der Waals surface area contributed by atoms with E-state index in [2.05, 4.69) is 20.9 Å². The van der Waals surface area contributed by atoms with Crippen molar-refractivity contribution in [3.8, 4) is 0 Å². The van der Waals surface area contributed by atoms with Gasteiger partial charge in [-0.1, -0.05) is 12.8 Å². The topological polar surface area (TPSA) is 92.9 Å². The Kier molecular flexibility index (Phi) is 3.31. The number of nitrogen functional groups attached to an aromatic ring is 1. The zero-order valence-corrected chi connectivity index (χ0v) is 8.94. The Hall–Kier alpha value is -1.69. The molecule has 1 aliphatic rings. The minimum absolute atomic E-state index is 0.184. The summed E-state index contributed by atoms with van der Waals surface area (Å²) in [6, 6.07) is 3.21. The maximum absolute atomic E-state index is 11.6. The lowest BCUT2D eigenvalue weighted by Gasteiger charge is -2.03. The van der Waals surface area contributed by atoms with Crippen LogP contribution in [0.3, 0.4) is 0 Å². The molecule has 0 unspecified atom stereocenters. The van der Waals surface area contributed by atoms with Crippen LogP contribution in [0.25, 0.3) is 0 Å². The summed E-state index contributed by atoms with van der Waals surface area (Å²) in [6.07, 6.45) is 3.65. The second-order valence-electron chi connectivity index (χ2n) is 3.94. The molecule has 0 aromatic carbocycles.